The molecule has 116 valence electrons. The van der Waals surface area contributed by atoms with Gasteiger partial charge in [0.05, 0.1) is 0 Å². The van der Waals surface area contributed by atoms with Crippen LogP contribution < -0.4 is 0 Å². The average molecular weight is 283 g/mol. The SMILES string of the molecule is CCN(CC)C(=O)C(=O)OC1CC(C)CCC1C(C)C. The number of ether oxygens (including phenoxy) is 1. The second kappa shape index (κ2) is 7.65. The molecule has 1 rings (SSSR count). The highest BCUT2D eigenvalue weighted by molar-refractivity contribution is 6.32. The van der Waals surface area contributed by atoms with Crippen molar-refractivity contribution in [3.8, 4) is 0 Å². The first-order valence-electron chi connectivity index (χ1n) is 7.90. The molecule has 0 aromatic rings. The zero-order chi connectivity index (χ0) is 15.3. The second-order valence-electron chi connectivity index (χ2n) is 6.25. The van der Waals surface area contributed by atoms with Crippen LogP contribution in [-0.4, -0.2) is 36.0 Å². The molecule has 1 fully saturated rings. The summed E-state index contributed by atoms with van der Waals surface area (Å²) in [5.41, 5.74) is 0. The van der Waals surface area contributed by atoms with E-state index in [1.54, 1.807) is 0 Å². The molecule has 1 saturated carbocycles. The third-order valence-corrected chi connectivity index (χ3v) is 4.45. The molecular formula is C16H29NO3. The standard InChI is InChI=1S/C16H29NO3/c1-6-17(7-2)15(18)16(19)20-14-10-12(5)8-9-13(14)11(3)4/h11-14H,6-10H2,1-5H3. The Balaban J connectivity index is 2.68. The van der Waals surface area contributed by atoms with Gasteiger partial charge >= 0.3 is 11.9 Å². The minimum atomic E-state index is -0.682. The van der Waals surface area contributed by atoms with Gasteiger partial charge in [-0.15, -0.1) is 0 Å². The van der Waals surface area contributed by atoms with Gasteiger partial charge in [0.25, 0.3) is 0 Å². The highest BCUT2D eigenvalue weighted by Crippen LogP contribution is 2.35. The van der Waals surface area contributed by atoms with E-state index in [1.165, 1.54) is 11.3 Å². The van der Waals surface area contributed by atoms with E-state index in [0.29, 0.717) is 30.8 Å². The average Bonchev–Trinajstić information content (AvgIpc) is 2.39. The Morgan fingerprint density at radius 1 is 1.20 bits per heavy atom. The molecular weight excluding hydrogens is 254 g/mol. The van der Waals surface area contributed by atoms with Crippen LogP contribution in [-0.2, 0) is 14.3 Å². The van der Waals surface area contributed by atoms with Gasteiger partial charge in [-0.25, -0.2) is 4.79 Å². The van der Waals surface area contributed by atoms with Crippen LogP contribution in [0.15, 0.2) is 0 Å². The predicted molar refractivity (Wildman–Crippen MR) is 79.2 cm³/mol. The third kappa shape index (κ3) is 4.22. The number of hydrogen-bond donors (Lipinski definition) is 0. The molecule has 0 radical (unpaired) electrons. The van der Waals surface area contributed by atoms with Crippen LogP contribution in [0, 0.1) is 17.8 Å². The maximum Gasteiger partial charge on any atom is 0.397 e. The van der Waals surface area contributed by atoms with Crippen molar-refractivity contribution in [1.82, 2.24) is 4.90 Å². The van der Waals surface area contributed by atoms with Gasteiger partial charge in [-0.05, 0) is 44.4 Å². The van der Waals surface area contributed by atoms with Gasteiger partial charge in [0, 0.05) is 13.1 Å². The summed E-state index contributed by atoms with van der Waals surface area (Å²) in [6.45, 7) is 11.3. The second-order valence-corrected chi connectivity index (χ2v) is 6.25. The van der Waals surface area contributed by atoms with Gasteiger partial charge in [0.1, 0.15) is 6.10 Å². The summed E-state index contributed by atoms with van der Waals surface area (Å²) < 4.78 is 5.55. The lowest BCUT2D eigenvalue weighted by Crippen LogP contribution is -2.42. The highest BCUT2D eigenvalue weighted by atomic mass is 16.6. The van der Waals surface area contributed by atoms with Crippen molar-refractivity contribution in [2.45, 2.75) is 60.0 Å². The van der Waals surface area contributed by atoms with Crippen LogP contribution in [0.1, 0.15) is 53.9 Å². The molecule has 4 heteroatoms. The number of esters is 1. The van der Waals surface area contributed by atoms with Crippen LogP contribution >= 0.6 is 0 Å². The van der Waals surface area contributed by atoms with E-state index >= 15 is 0 Å². The van der Waals surface area contributed by atoms with Crippen molar-refractivity contribution in [2.24, 2.45) is 17.8 Å². The summed E-state index contributed by atoms with van der Waals surface area (Å²) in [5, 5.41) is 0. The molecule has 3 atom stereocenters. The molecule has 1 aliphatic carbocycles. The van der Waals surface area contributed by atoms with Crippen LogP contribution in [0.2, 0.25) is 0 Å². The molecule has 0 aromatic carbocycles. The number of nitrogens with zero attached hydrogens (tertiary/aromatic N) is 1. The zero-order valence-corrected chi connectivity index (χ0v) is 13.5. The van der Waals surface area contributed by atoms with Crippen molar-refractivity contribution in [3.05, 3.63) is 0 Å². The molecule has 0 aromatic heterocycles. The lowest BCUT2D eigenvalue weighted by molar-refractivity contribution is -0.168. The number of carbonyl (C=O) groups excluding carboxylic acids is 2. The van der Waals surface area contributed by atoms with Gasteiger partial charge in [-0.3, -0.25) is 4.79 Å². The number of hydrogen-bond acceptors (Lipinski definition) is 3. The van der Waals surface area contributed by atoms with E-state index in [9.17, 15) is 9.59 Å². The summed E-state index contributed by atoms with van der Waals surface area (Å²) in [7, 11) is 0. The maximum absolute atomic E-state index is 12.0. The summed E-state index contributed by atoms with van der Waals surface area (Å²) in [5.74, 6) is 0.226. The van der Waals surface area contributed by atoms with E-state index < -0.39 is 11.9 Å². The van der Waals surface area contributed by atoms with Crippen molar-refractivity contribution in [1.29, 1.82) is 0 Å². The first kappa shape index (κ1) is 17.0. The van der Waals surface area contributed by atoms with Crippen molar-refractivity contribution in [2.75, 3.05) is 13.1 Å². The lowest BCUT2D eigenvalue weighted by Gasteiger charge is -2.36. The van der Waals surface area contributed by atoms with Crippen LogP contribution in [0.5, 0.6) is 0 Å². The molecule has 0 aliphatic heterocycles. The topological polar surface area (TPSA) is 46.6 Å². The molecule has 0 bridgehead atoms. The highest BCUT2D eigenvalue weighted by Gasteiger charge is 2.35. The Labute approximate surface area is 122 Å². The largest absolute Gasteiger partial charge is 0.455 e. The zero-order valence-electron chi connectivity index (χ0n) is 13.5. The summed E-state index contributed by atoms with van der Waals surface area (Å²) in [6, 6.07) is 0. The van der Waals surface area contributed by atoms with E-state index in [2.05, 4.69) is 20.8 Å². The van der Waals surface area contributed by atoms with E-state index in [-0.39, 0.29) is 6.10 Å². The molecule has 3 unspecified atom stereocenters. The molecule has 0 heterocycles. The van der Waals surface area contributed by atoms with Gasteiger partial charge in [-0.2, -0.15) is 0 Å². The Morgan fingerprint density at radius 2 is 1.80 bits per heavy atom. The van der Waals surface area contributed by atoms with Crippen LogP contribution in [0.4, 0.5) is 0 Å². The Bertz CT molecular complexity index is 337. The summed E-state index contributed by atoms with van der Waals surface area (Å²) in [4.78, 5) is 25.5. The van der Waals surface area contributed by atoms with Crippen molar-refractivity contribution < 1.29 is 14.3 Å². The Hall–Kier alpha value is -1.06. The van der Waals surface area contributed by atoms with Gasteiger partial charge in [-0.1, -0.05) is 27.2 Å². The Kier molecular flexibility index (Phi) is 6.50. The number of amides is 1. The molecule has 0 spiro atoms. The number of likely N-dealkylation sites (N-methyl/N-ethyl adjacent to an activating group) is 1. The van der Waals surface area contributed by atoms with Crippen molar-refractivity contribution in [3.63, 3.8) is 0 Å². The fourth-order valence-corrected chi connectivity index (χ4v) is 3.08. The molecule has 0 saturated heterocycles. The van der Waals surface area contributed by atoms with Gasteiger partial charge in [0.15, 0.2) is 0 Å². The molecule has 1 aliphatic rings. The van der Waals surface area contributed by atoms with Crippen LogP contribution in [0.3, 0.4) is 0 Å². The predicted octanol–water partition coefficient (Wildman–Crippen LogP) is 2.86. The smallest absolute Gasteiger partial charge is 0.397 e. The Morgan fingerprint density at radius 3 is 2.30 bits per heavy atom. The molecule has 1 amide bonds. The first-order chi connectivity index (χ1) is 9.40. The monoisotopic (exact) mass is 283 g/mol. The van der Waals surface area contributed by atoms with E-state index in [0.717, 1.165) is 12.8 Å². The molecule has 20 heavy (non-hydrogen) atoms. The fourth-order valence-electron chi connectivity index (χ4n) is 3.08. The first-order valence-corrected chi connectivity index (χ1v) is 7.90. The van der Waals surface area contributed by atoms with Gasteiger partial charge in [0.2, 0.25) is 0 Å². The summed E-state index contributed by atoms with van der Waals surface area (Å²) >= 11 is 0. The number of rotatable bonds is 4. The normalized spacial score (nSPS) is 26.4. The van der Waals surface area contributed by atoms with E-state index in [1.807, 2.05) is 13.8 Å². The lowest BCUT2D eigenvalue weighted by atomic mass is 9.75. The van der Waals surface area contributed by atoms with E-state index in [4.69, 9.17) is 4.74 Å². The van der Waals surface area contributed by atoms with Crippen molar-refractivity contribution >= 4 is 11.9 Å². The molecule has 0 N–H and O–H groups in total. The molecule has 4 nitrogen and oxygen atoms in total. The minimum Gasteiger partial charge on any atom is -0.455 e. The number of carbonyl (C=O) groups is 2. The van der Waals surface area contributed by atoms with Gasteiger partial charge < -0.3 is 9.64 Å². The quantitative estimate of drug-likeness (QED) is 0.589. The fraction of sp³-hybridized carbons (Fsp3) is 0.875. The van der Waals surface area contributed by atoms with Crippen LogP contribution in [0.25, 0.3) is 0 Å². The minimum absolute atomic E-state index is 0.106. The maximum atomic E-state index is 12.0. The summed E-state index contributed by atoms with van der Waals surface area (Å²) in [6.07, 6.45) is 3.03. The third-order valence-electron chi connectivity index (χ3n) is 4.45.